The van der Waals surface area contributed by atoms with Gasteiger partial charge in [-0.3, -0.25) is 0 Å². The smallest absolute Gasteiger partial charge is 0.417 e. The second-order valence-electron chi connectivity index (χ2n) is 3.77. The van der Waals surface area contributed by atoms with E-state index in [4.69, 9.17) is 10.5 Å². The molecule has 0 aliphatic carbocycles. The highest BCUT2D eigenvalue weighted by Crippen LogP contribution is 2.34. The van der Waals surface area contributed by atoms with Gasteiger partial charge in [-0.05, 0) is 24.6 Å². The molecule has 0 heterocycles. The van der Waals surface area contributed by atoms with E-state index in [0.29, 0.717) is 6.61 Å². The van der Waals surface area contributed by atoms with Gasteiger partial charge in [0.1, 0.15) is 10.7 Å². The molecule has 0 bridgehead atoms. The number of rotatable bonds is 5. The summed E-state index contributed by atoms with van der Waals surface area (Å²) in [6, 6.07) is 3.62. The number of thiocarbonyl (C=S) groups is 1. The van der Waals surface area contributed by atoms with Crippen LogP contribution in [0.4, 0.5) is 13.2 Å². The number of unbranched alkanes of at least 4 members (excludes halogenated alkanes) is 1. The van der Waals surface area contributed by atoms with Crippen LogP contribution >= 0.6 is 12.2 Å². The molecule has 1 aromatic carbocycles. The quantitative estimate of drug-likeness (QED) is 0.660. The number of nitrogens with two attached hydrogens (primary N) is 1. The van der Waals surface area contributed by atoms with Crippen molar-refractivity contribution in [2.24, 2.45) is 5.73 Å². The molecule has 2 N–H and O–H groups in total. The summed E-state index contributed by atoms with van der Waals surface area (Å²) in [7, 11) is 0. The van der Waals surface area contributed by atoms with Crippen LogP contribution in [-0.2, 0) is 6.18 Å². The summed E-state index contributed by atoms with van der Waals surface area (Å²) in [6.07, 6.45) is -2.79. The maximum Gasteiger partial charge on any atom is 0.417 e. The molecule has 0 radical (unpaired) electrons. The first-order valence-electron chi connectivity index (χ1n) is 5.50. The maximum absolute atomic E-state index is 12.8. The Bertz CT molecular complexity index is 432. The van der Waals surface area contributed by atoms with Crippen molar-refractivity contribution in [3.05, 3.63) is 29.3 Å². The van der Waals surface area contributed by atoms with Crippen LogP contribution in [0.25, 0.3) is 0 Å². The maximum atomic E-state index is 12.8. The van der Waals surface area contributed by atoms with E-state index in [-0.39, 0.29) is 16.3 Å². The van der Waals surface area contributed by atoms with E-state index in [1.54, 1.807) is 0 Å². The van der Waals surface area contributed by atoms with Gasteiger partial charge in [-0.2, -0.15) is 13.2 Å². The molecule has 0 amide bonds. The zero-order valence-corrected chi connectivity index (χ0v) is 10.7. The fourth-order valence-corrected chi connectivity index (χ4v) is 1.57. The lowest BCUT2D eigenvalue weighted by atomic mass is 10.1. The fraction of sp³-hybridized carbons (Fsp3) is 0.417. The third kappa shape index (κ3) is 3.87. The van der Waals surface area contributed by atoms with Crippen LogP contribution in [0.1, 0.15) is 30.9 Å². The number of benzene rings is 1. The SMILES string of the molecule is CCCCOc1ccc(C(N)=S)c(C(F)(F)F)c1. The van der Waals surface area contributed by atoms with Crippen molar-refractivity contribution in [2.45, 2.75) is 25.9 Å². The Hall–Kier alpha value is -1.30. The molecule has 0 saturated carbocycles. The average Bonchev–Trinajstić information content (AvgIpc) is 2.28. The lowest BCUT2D eigenvalue weighted by Gasteiger charge is -2.14. The van der Waals surface area contributed by atoms with Crippen LogP contribution in [0.3, 0.4) is 0 Å². The zero-order chi connectivity index (χ0) is 13.8. The molecule has 1 rings (SSSR count). The summed E-state index contributed by atoms with van der Waals surface area (Å²) in [5, 5.41) is 0. The molecule has 0 spiro atoms. The summed E-state index contributed by atoms with van der Waals surface area (Å²) in [6.45, 7) is 2.36. The van der Waals surface area contributed by atoms with Crippen molar-refractivity contribution in [1.82, 2.24) is 0 Å². The number of hydrogen-bond acceptors (Lipinski definition) is 2. The summed E-state index contributed by atoms with van der Waals surface area (Å²) < 4.78 is 43.7. The Labute approximate surface area is 109 Å². The van der Waals surface area contributed by atoms with E-state index in [9.17, 15) is 13.2 Å². The Morgan fingerprint density at radius 2 is 2.06 bits per heavy atom. The first-order chi connectivity index (χ1) is 8.36. The molecule has 0 unspecified atom stereocenters. The second-order valence-corrected chi connectivity index (χ2v) is 4.21. The van der Waals surface area contributed by atoms with Crippen molar-refractivity contribution in [3.8, 4) is 5.75 Å². The van der Waals surface area contributed by atoms with Crippen LogP contribution in [0, 0.1) is 0 Å². The van der Waals surface area contributed by atoms with E-state index in [1.165, 1.54) is 12.1 Å². The van der Waals surface area contributed by atoms with Gasteiger partial charge >= 0.3 is 6.18 Å². The lowest BCUT2D eigenvalue weighted by Crippen LogP contribution is -2.18. The predicted molar refractivity (Wildman–Crippen MR) is 67.7 cm³/mol. The van der Waals surface area contributed by atoms with Crippen molar-refractivity contribution in [3.63, 3.8) is 0 Å². The standard InChI is InChI=1S/C12H14F3NOS/c1-2-3-6-17-8-4-5-9(11(16)18)10(7-8)12(13,14)15/h4-5,7H,2-3,6H2,1H3,(H2,16,18). The lowest BCUT2D eigenvalue weighted by molar-refractivity contribution is -0.137. The Morgan fingerprint density at radius 3 is 2.56 bits per heavy atom. The van der Waals surface area contributed by atoms with Crippen LogP contribution in [0.2, 0.25) is 0 Å². The van der Waals surface area contributed by atoms with Gasteiger partial charge in [-0.25, -0.2) is 0 Å². The van der Waals surface area contributed by atoms with Crippen molar-refractivity contribution < 1.29 is 17.9 Å². The molecule has 0 saturated heterocycles. The van der Waals surface area contributed by atoms with Gasteiger partial charge < -0.3 is 10.5 Å². The average molecular weight is 277 g/mol. The molecule has 0 fully saturated rings. The highest BCUT2D eigenvalue weighted by molar-refractivity contribution is 7.80. The minimum atomic E-state index is -4.50. The van der Waals surface area contributed by atoms with Gasteiger partial charge in [-0.15, -0.1) is 0 Å². The summed E-state index contributed by atoms with van der Waals surface area (Å²) in [5.74, 6) is 0.177. The first kappa shape index (κ1) is 14.8. The van der Waals surface area contributed by atoms with Gasteiger partial charge in [0.05, 0.1) is 12.2 Å². The van der Waals surface area contributed by atoms with Gasteiger partial charge in [0, 0.05) is 5.56 Å². The number of halogens is 3. The van der Waals surface area contributed by atoms with E-state index < -0.39 is 11.7 Å². The largest absolute Gasteiger partial charge is 0.494 e. The Kier molecular flexibility index (Phi) is 4.95. The minimum absolute atomic E-state index is 0.177. The van der Waals surface area contributed by atoms with Crippen molar-refractivity contribution >= 4 is 17.2 Å². The summed E-state index contributed by atoms with van der Waals surface area (Å²) in [5.41, 5.74) is 4.24. The summed E-state index contributed by atoms with van der Waals surface area (Å²) >= 11 is 4.60. The third-order valence-corrected chi connectivity index (χ3v) is 2.55. The molecule has 0 aliphatic rings. The summed E-state index contributed by atoms with van der Waals surface area (Å²) in [4.78, 5) is -0.276. The van der Waals surface area contributed by atoms with Gasteiger partial charge in [0.15, 0.2) is 0 Å². The van der Waals surface area contributed by atoms with Crippen LogP contribution < -0.4 is 10.5 Å². The highest BCUT2D eigenvalue weighted by Gasteiger charge is 2.34. The second kappa shape index (κ2) is 6.04. The number of hydrogen-bond donors (Lipinski definition) is 1. The zero-order valence-electron chi connectivity index (χ0n) is 9.88. The van der Waals surface area contributed by atoms with Crippen LogP contribution in [0.5, 0.6) is 5.75 Å². The molecule has 100 valence electrons. The fourth-order valence-electron chi connectivity index (χ4n) is 1.40. The van der Waals surface area contributed by atoms with Gasteiger partial charge in [-0.1, -0.05) is 25.6 Å². The number of alkyl halides is 3. The minimum Gasteiger partial charge on any atom is -0.494 e. The molecule has 6 heteroatoms. The van der Waals surface area contributed by atoms with Crippen LogP contribution in [-0.4, -0.2) is 11.6 Å². The van der Waals surface area contributed by atoms with E-state index >= 15 is 0 Å². The van der Waals surface area contributed by atoms with Gasteiger partial charge in [0.2, 0.25) is 0 Å². The van der Waals surface area contributed by atoms with E-state index in [1.807, 2.05) is 6.92 Å². The number of ether oxygens (including phenoxy) is 1. The predicted octanol–water partition coefficient (Wildman–Crippen LogP) is 3.52. The van der Waals surface area contributed by atoms with Crippen molar-refractivity contribution in [2.75, 3.05) is 6.61 Å². The van der Waals surface area contributed by atoms with E-state index in [2.05, 4.69) is 12.2 Å². The molecular weight excluding hydrogens is 263 g/mol. The molecular formula is C12H14F3NOS. The first-order valence-corrected chi connectivity index (χ1v) is 5.91. The van der Waals surface area contributed by atoms with Crippen LogP contribution in [0.15, 0.2) is 18.2 Å². The molecule has 0 aromatic heterocycles. The van der Waals surface area contributed by atoms with Crippen molar-refractivity contribution in [1.29, 1.82) is 0 Å². The Morgan fingerprint density at radius 1 is 1.39 bits per heavy atom. The molecule has 0 aliphatic heterocycles. The molecule has 2 nitrogen and oxygen atoms in total. The molecule has 0 atom stereocenters. The van der Waals surface area contributed by atoms with E-state index in [0.717, 1.165) is 18.9 Å². The topological polar surface area (TPSA) is 35.2 Å². The normalized spacial score (nSPS) is 11.3. The molecule has 1 aromatic rings. The van der Waals surface area contributed by atoms with Gasteiger partial charge in [0.25, 0.3) is 0 Å². The molecule has 18 heavy (non-hydrogen) atoms. The third-order valence-electron chi connectivity index (χ3n) is 2.33. The monoisotopic (exact) mass is 277 g/mol. The highest BCUT2D eigenvalue weighted by atomic mass is 32.1. The Balaban J connectivity index is 3.02.